The summed E-state index contributed by atoms with van der Waals surface area (Å²) in [6, 6.07) is 19.1. The van der Waals surface area contributed by atoms with Gasteiger partial charge in [0.2, 0.25) is 0 Å². The van der Waals surface area contributed by atoms with Gasteiger partial charge in [-0.1, -0.05) is 48.0 Å². The van der Waals surface area contributed by atoms with E-state index in [1.807, 2.05) is 32.0 Å². The highest BCUT2D eigenvalue weighted by atomic mass is 32.2. The highest BCUT2D eigenvalue weighted by molar-refractivity contribution is 7.90. The van der Waals surface area contributed by atoms with Gasteiger partial charge in [0, 0.05) is 11.3 Å². The van der Waals surface area contributed by atoms with Crippen LogP contribution < -0.4 is 5.32 Å². The number of aromatic hydroxyl groups is 1. The maximum atomic E-state index is 12.9. The van der Waals surface area contributed by atoms with Gasteiger partial charge in [-0.15, -0.1) is 4.40 Å². The lowest BCUT2D eigenvalue weighted by Gasteiger charge is -2.14. The number of aryl methyl sites for hydroxylation is 3. The molecule has 3 rings (SSSR count). The zero-order chi connectivity index (χ0) is 20.3. The van der Waals surface area contributed by atoms with Crippen LogP contribution in [0, 0.1) is 20.8 Å². The summed E-state index contributed by atoms with van der Waals surface area (Å²) in [6.45, 7) is 5.51. The molecule has 0 radical (unpaired) electrons. The van der Waals surface area contributed by atoms with Crippen molar-refractivity contribution in [2.45, 2.75) is 25.7 Å². The maximum absolute atomic E-state index is 12.9. The second-order valence-electron chi connectivity index (χ2n) is 6.67. The summed E-state index contributed by atoms with van der Waals surface area (Å²) in [5, 5.41) is 13.0. The summed E-state index contributed by atoms with van der Waals surface area (Å²) in [4.78, 5) is 0.131. The molecule has 6 heteroatoms. The summed E-state index contributed by atoms with van der Waals surface area (Å²) in [7, 11) is -3.90. The lowest BCUT2D eigenvalue weighted by molar-refractivity contribution is 0.471. The standard InChI is InChI=1S/C22H22N2O3S/c1-15-9-11-19(12-10-15)28(26,27)24-22(18-7-5-4-6-8-18)23-20-13-17(3)21(25)14-16(20)2/h4-14,25H,1-3H3,(H,23,24). The van der Waals surface area contributed by atoms with E-state index in [2.05, 4.69) is 9.71 Å². The van der Waals surface area contributed by atoms with Crippen molar-refractivity contribution in [1.82, 2.24) is 0 Å². The van der Waals surface area contributed by atoms with Crippen LogP contribution >= 0.6 is 0 Å². The Morgan fingerprint density at radius 1 is 0.893 bits per heavy atom. The molecule has 2 N–H and O–H groups in total. The number of benzene rings is 3. The number of phenols is 1. The molecule has 0 saturated heterocycles. The smallest absolute Gasteiger partial charge is 0.284 e. The fraction of sp³-hybridized carbons (Fsp3) is 0.136. The quantitative estimate of drug-likeness (QED) is 0.386. The predicted molar refractivity (Wildman–Crippen MR) is 113 cm³/mol. The first-order valence-corrected chi connectivity index (χ1v) is 10.2. The molecule has 0 unspecified atom stereocenters. The number of hydrogen-bond donors (Lipinski definition) is 2. The van der Waals surface area contributed by atoms with Crippen molar-refractivity contribution in [2.75, 3.05) is 5.32 Å². The molecule has 0 spiro atoms. The molecule has 0 aliphatic carbocycles. The number of sulfonamides is 1. The lowest BCUT2D eigenvalue weighted by atomic mass is 10.1. The van der Waals surface area contributed by atoms with E-state index in [1.165, 1.54) is 0 Å². The molecule has 3 aromatic rings. The largest absolute Gasteiger partial charge is 0.508 e. The fourth-order valence-electron chi connectivity index (χ4n) is 2.69. The van der Waals surface area contributed by atoms with Crippen molar-refractivity contribution in [1.29, 1.82) is 0 Å². The maximum Gasteiger partial charge on any atom is 0.284 e. The molecule has 28 heavy (non-hydrogen) atoms. The first-order chi connectivity index (χ1) is 13.3. The minimum atomic E-state index is -3.90. The van der Waals surface area contributed by atoms with Crippen molar-refractivity contribution in [3.05, 3.63) is 89.0 Å². The molecule has 3 aromatic carbocycles. The van der Waals surface area contributed by atoms with E-state index >= 15 is 0 Å². The SMILES string of the molecule is Cc1ccc(S(=O)(=O)/N=C(\Nc2cc(C)c(O)cc2C)c2ccccc2)cc1. The van der Waals surface area contributed by atoms with Crippen molar-refractivity contribution in [2.24, 2.45) is 4.40 Å². The van der Waals surface area contributed by atoms with E-state index in [9.17, 15) is 13.5 Å². The molecule has 0 aliphatic rings. The van der Waals surface area contributed by atoms with Gasteiger partial charge in [-0.05, 0) is 56.2 Å². The molecule has 0 fully saturated rings. The van der Waals surface area contributed by atoms with Gasteiger partial charge in [-0.25, -0.2) is 0 Å². The number of anilines is 1. The molecule has 0 aliphatic heterocycles. The van der Waals surface area contributed by atoms with Crippen molar-refractivity contribution >= 4 is 21.5 Å². The van der Waals surface area contributed by atoms with E-state index in [4.69, 9.17) is 0 Å². The molecule has 0 bridgehead atoms. The Balaban J connectivity index is 2.09. The third-order valence-corrected chi connectivity index (χ3v) is 5.66. The van der Waals surface area contributed by atoms with Crippen LogP contribution in [0.1, 0.15) is 22.3 Å². The molecule has 0 atom stereocenters. The van der Waals surface area contributed by atoms with Crippen LogP contribution in [0.5, 0.6) is 5.75 Å². The highest BCUT2D eigenvalue weighted by Gasteiger charge is 2.16. The molecule has 0 aromatic heterocycles. The molecule has 0 heterocycles. The number of nitrogens with one attached hydrogen (secondary N) is 1. The van der Waals surface area contributed by atoms with Gasteiger partial charge in [-0.2, -0.15) is 8.42 Å². The van der Waals surface area contributed by atoms with E-state index in [-0.39, 0.29) is 16.5 Å². The van der Waals surface area contributed by atoms with Crippen molar-refractivity contribution in [3.63, 3.8) is 0 Å². The number of nitrogens with zero attached hydrogens (tertiary/aromatic N) is 1. The highest BCUT2D eigenvalue weighted by Crippen LogP contribution is 2.26. The predicted octanol–water partition coefficient (Wildman–Crippen LogP) is 4.57. The number of amidine groups is 1. The van der Waals surface area contributed by atoms with Gasteiger partial charge in [0.15, 0.2) is 5.84 Å². The third-order valence-electron chi connectivity index (χ3n) is 4.37. The van der Waals surface area contributed by atoms with Crippen LogP contribution in [-0.4, -0.2) is 19.4 Å². The Labute approximate surface area is 165 Å². The topological polar surface area (TPSA) is 78.8 Å². The minimum Gasteiger partial charge on any atom is -0.508 e. The summed E-state index contributed by atoms with van der Waals surface area (Å²) in [5.41, 5.74) is 3.75. The number of phenolic OH excluding ortho intramolecular Hbond substituents is 1. The van der Waals surface area contributed by atoms with Crippen LogP contribution in [0.25, 0.3) is 0 Å². The van der Waals surface area contributed by atoms with Crippen molar-refractivity contribution < 1.29 is 13.5 Å². The molecule has 0 saturated carbocycles. The monoisotopic (exact) mass is 394 g/mol. The Morgan fingerprint density at radius 3 is 2.18 bits per heavy atom. The zero-order valence-corrected chi connectivity index (χ0v) is 16.8. The summed E-state index contributed by atoms with van der Waals surface area (Å²) < 4.78 is 29.8. The van der Waals surface area contributed by atoms with Crippen molar-refractivity contribution in [3.8, 4) is 5.75 Å². The summed E-state index contributed by atoms with van der Waals surface area (Å²) >= 11 is 0. The first kappa shape index (κ1) is 19.6. The van der Waals surface area contributed by atoms with Crippen LogP contribution in [0.2, 0.25) is 0 Å². The average molecular weight is 394 g/mol. The fourth-order valence-corrected chi connectivity index (χ4v) is 3.67. The van der Waals surface area contributed by atoms with Crippen LogP contribution in [0.3, 0.4) is 0 Å². The van der Waals surface area contributed by atoms with Crippen LogP contribution in [0.15, 0.2) is 76.0 Å². The van der Waals surface area contributed by atoms with E-state index in [0.717, 1.165) is 11.1 Å². The number of rotatable bonds is 4. The van der Waals surface area contributed by atoms with E-state index in [0.29, 0.717) is 16.8 Å². The first-order valence-electron chi connectivity index (χ1n) is 8.80. The summed E-state index contributed by atoms with van der Waals surface area (Å²) in [5.74, 6) is 0.405. The zero-order valence-electron chi connectivity index (χ0n) is 16.0. The summed E-state index contributed by atoms with van der Waals surface area (Å²) in [6.07, 6.45) is 0. The van der Waals surface area contributed by atoms with E-state index in [1.54, 1.807) is 55.5 Å². The van der Waals surface area contributed by atoms with Gasteiger partial charge in [0.05, 0.1) is 4.90 Å². The molecular formula is C22H22N2O3S. The van der Waals surface area contributed by atoms with Gasteiger partial charge in [0.25, 0.3) is 10.0 Å². The number of hydrogen-bond acceptors (Lipinski definition) is 3. The Morgan fingerprint density at radius 2 is 1.54 bits per heavy atom. The minimum absolute atomic E-state index is 0.131. The molecular weight excluding hydrogens is 372 g/mol. The molecule has 5 nitrogen and oxygen atoms in total. The second-order valence-corrected chi connectivity index (χ2v) is 8.28. The van der Waals surface area contributed by atoms with Gasteiger partial charge in [-0.3, -0.25) is 0 Å². The molecule has 0 amide bonds. The molecule has 144 valence electrons. The van der Waals surface area contributed by atoms with E-state index < -0.39 is 10.0 Å². The third kappa shape index (κ3) is 4.40. The average Bonchev–Trinajstić information content (AvgIpc) is 2.66. The van der Waals surface area contributed by atoms with Gasteiger partial charge in [0.1, 0.15) is 5.75 Å². The lowest BCUT2D eigenvalue weighted by Crippen LogP contribution is -2.17. The Hall–Kier alpha value is -3.12. The van der Waals surface area contributed by atoms with Crippen LogP contribution in [-0.2, 0) is 10.0 Å². The Kier molecular flexibility index (Phi) is 5.51. The van der Waals surface area contributed by atoms with Crippen LogP contribution in [0.4, 0.5) is 5.69 Å². The van der Waals surface area contributed by atoms with Gasteiger partial charge < -0.3 is 10.4 Å². The second kappa shape index (κ2) is 7.86. The normalized spacial score (nSPS) is 12.0. The van der Waals surface area contributed by atoms with Gasteiger partial charge >= 0.3 is 0 Å². The Bertz CT molecular complexity index is 1120.